The van der Waals surface area contributed by atoms with E-state index in [9.17, 15) is 40.5 Å². The maximum absolute atomic E-state index is 13.1. The number of hydrogen-bond acceptors (Lipinski definition) is 10. The fourth-order valence-electron chi connectivity index (χ4n) is 7.88. The molecule has 1 saturated heterocycles. The van der Waals surface area contributed by atoms with Gasteiger partial charge in [-0.1, -0.05) is 192 Å². The lowest BCUT2D eigenvalue weighted by Gasteiger charge is -2.40. The lowest BCUT2D eigenvalue weighted by atomic mass is 9.98. The molecule has 354 valence electrons. The van der Waals surface area contributed by atoms with Crippen molar-refractivity contribution in [1.82, 2.24) is 5.32 Å². The Labute approximate surface area is 365 Å². The molecule has 1 aliphatic heterocycles. The van der Waals surface area contributed by atoms with Gasteiger partial charge in [-0.25, -0.2) is 0 Å². The number of rotatable bonds is 41. The number of carbonyl (C=O) groups is 1. The first kappa shape index (κ1) is 56.6. The second-order valence-electron chi connectivity index (χ2n) is 17.5. The van der Waals surface area contributed by atoms with Crippen LogP contribution in [0.5, 0.6) is 0 Å². The maximum Gasteiger partial charge on any atom is 0.249 e. The Bertz CT molecular complexity index is 1030. The molecule has 9 unspecified atom stereocenters. The summed E-state index contributed by atoms with van der Waals surface area (Å²) in [7, 11) is 0. The second kappa shape index (κ2) is 39.2. The van der Waals surface area contributed by atoms with E-state index in [1.54, 1.807) is 0 Å². The van der Waals surface area contributed by atoms with Crippen LogP contribution in [0.3, 0.4) is 0 Å². The van der Waals surface area contributed by atoms with Crippen molar-refractivity contribution in [2.75, 3.05) is 13.2 Å². The van der Waals surface area contributed by atoms with Crippen molar-refractivity contribution in [2.24, 2.45) is 0 Å². The fraction of sp³-hybridized carbons (Fsp3) is 0.898. The van der Waals surface area contributed by atoms with E-state index < -0.39 is 74.2 Å². The summed E-state index contributed by atoms with van der Waals surface area (Å²) in [4.78, 5) is 13.1. The van der Waals surface area contributed by atoms with E-state index in [4.69, 9.17) is 9.47 Å². The van der Waals surface area contributed by atoms with Gasteiger partial charge in [-0.15, -0.1) is 0 Å². The predicted molar refractivity (Wildman–Crippen MR) is 242 cm³/mol. The summed E-state index contributed by atoms with van der Waals surface area (Å²) in [6.07, 6.45) is 32.3. The van der Waals surface area contributed by atoms with E-state index in [-0.39, 0.29) is 12.8 Å². The Kier molecular flexibility index (Phi) is 37.0. The molecule has 1 fully saturated rings. The van der Waals surface area contributed by atoms with Crippen LogP contribution >= 0.6 is 0 Å². The molecule has 1 aliphatic rings. The monoisotopic (exact) mass is 856 g/mol. The molecule has 1 rings (SSSR count). The number of aliphatic hydroxyl groups is 7. The van der Waals surface area contributed by atoms with Gasteiger partial charge in [0.1, 0.15) is 36.6 Å². The first-order valence-electron chi connectivity index (χ1n) is 24.7. The molecule has 60 heavy (non-hydrogen) atoms. The number of aliphatic hydroxyl groups excluding tert-OH is 7. The zero-order chi connectivity index (χ0) is 44.1. The average molecular weight is 856 g/mol. The summed E-state index contributed by atoms with van der Waals surface area (Å²) in [6, 6.07) is -1.18. The highest BCUT2D eigenvalue weighted by molar-refractivity contribution is 5.80. The van der Waals surface area contributed by atoms with Gasteiger partial charge in [0.25, 0.3) is 0 Å². The van der Waals surface area contributed by atoms with Crippen molar-refractivity contribution in [3.8, 4) is 0 Å². The summed E-state index contributed by atoms with van der Waals surface area (Å²) in [5, 5.41) is 75.6. The summed E-state index contributed by atoms with van der Waals surface area (Å²) in [5.74, 6) is -0.707. The lowest BCUT2D eigenvalue weighted by Crippen LogP contribution is -2.60. The van der Waals surface area contributed by atoms with E-state index >= 15 is 0 Å². The van der Waals surface area contributed by atoms with Crippen LogP contribution in [0, 0.1) is 0 Å². The first-order valence-corrected chi connectivity index (χ1v) is 24.7. The van der Waals surface area contributed by atoms with Crippen LogP contribution < -0.4 is 5.32 Å². The molecule has 0 radical (unpaired) electrons. The Morgan fingerprint density at radius 3 is 1.50 bits per heavy atom. The summed E-state index contributed by atoms with van der Waals surface area (Å²) < 4.78 is 11.1. The second-order valence-corrected chi connectivity index (χ2v) is 17.5. The van der Waals surface area contributed by atoms with E-state index in [0.29, 0.717) is 12.8 Å². The minimum Gasteiger partial charge on any atom is -0.394 e. The zero-order valence-electron chi connectivity index (χ0n) is 38.2. The predicted octanol–water partition coefficient (Wildman–Crippen LogP) is 8.62. The van der Waals surface area contributed by atoms with E-state index in [1.807, 2.05) is 0 Å². The number of amides is 1. The van der Waals surface area contributed by atoms with Crippen molar-refractivity contribution in [3.05, 3.63) is 24.3 Å². The molecule has 0 saturated carbocycles. The van der Waals surface area contributed by atoms with Crippen LogP contribution in [0.2, 0.25) is 0 Å². The van der Waals surface area contributed by atoms with Crippen LogP contribution in [0.15, 0.2) is 24.3 Å². The van der Waals surface area contributed by atoms with Gasteiger partial charge < -0.3 is 50.5 Å². The molecule has 0 aliphatic carbocycles. The highest BCUT2D eigenvalue weighted by Gasteiger charge is 2.44. The summed E-state index contributed by atoms with van der Waals surface area (Å²) >= 11 is 0. The maximum atomic E-state index is 13.1. The van der Waals surface area contributed by atoms with E-state index in [2.05, 4.69) is 43.5 Å². The van der Waals surface area contributed by atoms with Crippen molar-refractivity contribution >= 4 is 5.91 Å². The van der Waals surface area contributed by atoms with Gasteiger partial charge in [-0.05, 0) is 44.9 Å². The molecule has 9 atom stereocenters. The number of nitrogens with one attached hydrogen (secondary N) is 1. The molecule has 0 bridgehead atoms. The number of hydrogen-bond donors (Lipinski definition) is 8. The van der Waals surface area contributed by atoms with Crippen molar-refractivity contribution in [3.63, 3.8) is 0 Å². The van der Waals surface area contributed by atoms with Gasteiger partial charge in [0.05, 0.1) is 25.4 Å². The largest absolute Gasteiger partial charge is 0.394 e. The van der Waals surface area contributed by atoms with E-state index in [0.717, 1.165) is 44.9 Å². The minimum atomic E-state index is -1.67. The Morgan fingerprint density at radius 1 is 0.583 bits per heavy atom. The highest BCUT2D eigenvalue weighted by atomic mass is 16.7. The number of allylic oxidation sites excluding steroid dienone is 4. The number of unbranched alkanes of at least 4 members (excludes halogenated alkanes) is 25. The van der Waals surface area contributed by atoms with Crippen molar-refractivity contribution in [1.29, 1.82) is 0 Å². The fourth-order valence-corrected chi connectivity index (χ4v) is 7.88. The third-order valence-corrected chi connectivity index (χ3v) is 12.0. The SMILES string of the molecule is CCCCCC=CCC=CCCCCC(O)C(O)C(COC1OC(CO)C(O)C(O)C1O)NC(=O)C(O)CCCCCCCCCCCCCCCCCCCCCCC. The third kappa shape index (κ3) is 28.3. The standard InChI is InChI=1S/C49H93NO10/c1-3-5-7-9-11-13-15-17-18-19-20-21-22-23-24-25-27-29-31-33-35-37-42(53)48(58)50-40(39-59-49-47(57)46(56)45(55)43(38-51)60-49)44(54)41(52)36-34-32-30-28-26-16-14-12-10-8-6-4-2/h12,14,26,28,40-47,49,51-57H,3-11,13,15-25,27,29-39H2,1-2H3,(H,50,58). The topological polar surface area (TPSA) is 189 Å². The highest BCUT2D eigenvalue weighted by Crippen LogP contribution is 2.23. The Morgan fingerprint density at radius 2 is 1.02 bits per heavy atom. The molecule has 1 amide bonds. The smallest absolute Gasteiger partial charge is 0.249 e. The van der Waals surface area contributed by atoms with Crippen molar-refractivity contribution in [2.45, 2.75) is 268 Å². The molecule has 11 heteroatoms. The molecule has 8 N–H and O–H groups in total. The van der Waals surface area contributed by atoms with Crippen LogP contribution in [0.25, 0.3) is 0 Å². The van der Waals surface area contributed by atoms with Crippen LogP contribution in [-0.2, 0) is 14.3 Å². The Balaban J connectivity index is 2.38. The first-order chi connectivity index (χ1) is 29.2. The molecular weight excluding hydrogens is 763 g/mol. The van der Waals surface area contributed by atoms with Gasteiger partial charge in [0.15, 0.2) is 6.29 Å². The van der Waals surface area contributed by atoms with Crippen molar-refractivity contribution < 1.29 is 50.0 Å². The summed E-state index contributed by atoms with van der Waals surface area (Å²) in [6.45, 7) is 3.39. The average Bonchev–Trinajstić information content (AvgIpc) is 3.25. The van der Waals surface area contributed by atoms with Crippen LogP contribution in [-0.4, -0.2) is 110 Å². The normalized spacial score (nSPS) is 21.8. The minimum absolute atomic E-state index is 0.256. The summed E-state index contributed by atoms with van der Waals surface area (Å²) in [5.41, 5.74) is 0. The van der Waals surface area contributed by atoms with Crippen LogP contribution in [0.4, 0.5) is 0 Å². The van der Waals surface area contributed by atoms with Gasteiger partial charge >= 0.3 is 0 Å². The molecule has 1 heterocycles. The van der Waals surface area contributed by atoms with Gasteiger partial charge in [-0.3, -0.25) is 4.79 Å². The van der Waals surface area contributed by atoms with Gasteiger partial charge in [-0.2, -0.15) is 0 Å². The van der Waals surface area contributed by atoms with Gasteiger partial charge in [0.2, 0.25) is 5.91 Å². The third-order valence-electron chi connectivity index (χ3n) is 12.0. The molecule has 11 nitrogen and oxygen atoms in total. The quantitative estimate of drug-likeness (QED) is 0.0218. The molecule has 0 aromatic heterocycles. The lowest BCUT2D eigenvalue weighted by molar-refractivity contribution is -0.303. The Hall–Kier alpha value is -1.41. The van der Waals surface area contributed by atoms with E-state index in [1.165, 1.54) is 128 Å². The molecule has 0 aromatic rings. The number of ether oxygens (including phenoxy) is 2. The zero-order valence-corrected chi connectivity index (χ0v) is 38.2. The molecule has 0 aromatic carbocycles. The number of carbonyl (C=O) groups excluding carboxylic acids is 1. The van der Waals surface area contributed by atoms with Gasteiger partial charge in [0, 0.05) is 0 Å². The molecular formula is C49H93NO10. The molecule has 0 spiro atoms. The van der Waals surface area contributed by atoms with Crippen LogP contribution in [0.1, 0.15) is 213 Å².